The lowest BCUT2D eigenvalue weighted by molar-refractivity contribution is -0.131. The Bertz CT molecular complexity index is 537. The second kappa shape index (κ2) is 5.56. The van der Waals surface area contributed by atoms with Gasteiger partial charge in [-0.2, -0.15) is 13.2 Å². The second-order valence-corrected chi connectivity index (χ2v) is 4.62. The Balaban J connectivity index is 1.99. The highest BCUT2D eigenvalue weighted by Crippen LogP contribution is 2.30. The number of alkyl halides is 3. The van der Waals surface area contributed by atoms with Gasteiger partial charge >= 0.3 is 6.18 Å². The van der Waals surface area contributed by atoms with Crippen LogP contribution in [0, 0.1) is 0 Å². The summed E-state index contributed by atoms with van der Waals surface area (Å²) in [6.07, 6.45) is -3.46. The van der Waals surface area contributed by atoms with Crippen molar-refractivity contribution in [2.24, 2.45) is 0 Å². The molecule has 1 aliphatic rings. The molecule has 0 saturated carbocycles. The number of hydrogen-bond acceptors (Lipinski definition) is 2. The lowest BCUT2D eigenvalue weighted by Gasteiger charge is -2.27. The number of carbonyl (C=O) groups is 1. The maximum atomic E-state index is 12.5. The van der Waals surface area contributed by atoms with Gasteiger partial charge in [0, 0.05) is 24.2 Å². The molecule has 1 heterocycles. The number of aromatic hydroxyl groups is 1. The minimum atomic E-state index is -4.31. The van der Waals surface area contributed by atoms with Gasteiger partial charge < -0.3 is 10.0 Å². The van der Waals surface area contributed by atoms with E-state index in [9.17, 15) is 23.1 Å². The first kappa shape index (κ1) is 14.4. The van der Waals surface area contributed by atoms with E-state index in [-0.39, 0.29) is 37.6 Å². The molecule has 1 aromatic carbocycles. The van der Waals surface area contributed by atoms with Crippen LogP contribution >= 0.6 is 0 Å². The summed E-state index contributed by atoms with van der Waals surface area (Å²) in [4.78, 5) is 13.3. The lowest BCUT2D eigenvalue weighted by atomic mass is 10.1. The van der Waals surface area contributed by atoms with Crippen LogP contribution in [0.25, 0.3) is 0 Å². The summed E-state index contributed by atoms with van der Waals surface area (Å²) in [5, 5.41) is 9.58. The summed E-state index contributed by atoms with van der Waals surface area (Å²) in [6, 6.07) is 6.43. The average molecular weight is 285 g/mol. The van der Waals surface area contributed by atoms with Crippen molar-refractivity contribution in [1.29, 1.82) is 0 Å². The highest BCUT2D eigenvalue weighted by atomic mass is 19.4. The van der Waals surface area contributed by atoms with Crippen LogP contribution < -0.4 is 0 Å². The van der Waals surface area contributed by atoms with Crippen molar-refractivity contribution in [2.75, 3.05) is 13.1 Å². The summed E-state index contributed by atoms with van der Waals surface area (Å²) in [6.45, 7) is 0.0129. The summed E-state index contributed by atoms with van der Waals surface area (Å²) < 4.78 is 37.4. The number of rotatable bonds is 2. The Morgan fingerprint density at radius 1 is 1.30 bits per heavy atom. The van der Waals surface area contributed by atoms with Crippen molar-refractivity contribution >= 4 is 5.91 Å². The molecule has 0 bridgehead atoms. The van der Waals surface area contributed by atoms with Crippen LogP contribution in [0.3, 0.4) is 0 Å². The standard InChI is InChI=1S/C14H14F3NO2/c15-14(16,17)11-5-7-18(8-6-11)13(20)9-10-3-1-2-4-12(10)19/h1-5,19H,6-9H2. The summed E-state index contributed by atoms with van der Waals surface area (Å²) >= 11 is 0. The zero-order chi connectivity index (χ0) is 14.8. The predicted molar refractivity (Wildman–Crippen MR) is 67.1 cm³/mol. The largest absolute Gasteiger partial charge is 0.508 e. The van der Waals surface area contributed by atoms with E-state index in [2.05, 4.69) is 0 Å². The van der Waals surface area contributed by atoms with Gasteiger partial charge in [-0.1, -0.05) is 24.3 Å². The van der Waals surface area contributed by atoms with E-state index in [1.54, 1.807) is 18.2 Å². The van der Waals surface area contributed by atoms with E-state index in [0.29, 0.717) is 5.56 Å². The van der Waals surface area contributed by atoms with E-state index < -0.39 is 11.7 Å². The molecule has 1 amide bonds. The molecule has 0 aromatic heterocycles. The van der Waals surface area contributed by atoms with Crippen molar-refractivity contribution in [1.82, 2.24) is 4.90 Å². The van der Waals surface area contributed by atoms with Crippen LogP contribution in [0.15, 0.2) is 35.9 Å². The van der Waals surface area contributed by atoms with Gasteiger partial charge in [0.15, 0.2) is 0 Å². The maximum absolute atomic E-state index is 12.5. The summed E-state index contributed by atoms with van der Waals surface area (Å²) in [7, 11) is 0. The van der Waals surface area contributed by atoms with Crippen molar-refractivity contribution in [3.05, 3.63) is 41.5 Å². The molecule has 3 nitrogen and oxygen atoms in total. The number of halogens is 3. The Hall–Kier alpha value is -1.98. The summed E-state index contributed by atoms with van der Waals surface area (Å²) in [5.74, 6) is -0.270. The van der Waals surface area contributed by atoms with E-state index in [1.165, 1.54) is 11.0 Å². The van der Waals surface area contributed by atoms with E-state index in [0.717, 1.165) is 6.08 Å². The number of carbonyl (C=O) groups excluding carboxylic acids is 1. The maximum Gasteiger partial charge on any atom is 0.412 e. The normalized spacial score (nSPS) is 15.9. The molecule has 1 aliphatic heterocycles. The van der Waals surface area contributed by atoms with Gasteiger partial charge in [-0.05, 0) is 12.5 Å². The lowest BCUT2D eigenvalue weighted by Crippen LogP contribution is -2.37. The molecule has 0 atom stereocenters. The molecular weight excluding hydrogens is 271 g/mol. The van der Waals surface area contributed by atoms with Gasteiger partial charge in [0.05, 0.1) is 6.42 Å². The molecule has 108 valence electrons. The molecule has 0 unspecified atom stereocenters. The van der Waals surface area contributed by atoms with Gasteiger partial charge in [0.25, 0.3) is 0 Å². The zero-order valence-corrected chi connectivity index (χ0v) is 10.7. The van der Waals surface area contributed by atoms with Crippen molar-refractivity contribution in [2.45, 2.75) is 19.0 Å². The number of phenolic OH excluding ortho intramolecular Hbond substituents is 1. The molecule has 6 heteroatoms. The fourth-order valence-electron chi connectivity index (χ4n) is 2.09. The first-order valence-electron chi connectivity index (χ1n) is 6.19. The topological polar surface area (TPSA) is 40.5 Å². The van der Waals surface area contributed by atoms with Crippen LogP contribution in [0.5, 0.6) is 5.75 Å². The molecule has 0 fully saturated rings. The third kappa shape index (κ3) is 3.31. The summed E-state index contributed by atoms with van der Waals surface area (Å²) in [5.41, 5.74) is -0.104. The highest BCUT2D eigenvalue weighted by molar-refractivity contribution is 5.79. The van der Waals surface area contributed by atoms with Crippen LogP contribution in [0.4, 0.5) is 13.2 Å². The number of para-hydroxylation sites is 1. The first-order chi connectivity index (χ1) is 9.38. The molecule has 1 N–H and O–H groups in total. The first-order valence-corrected chi connectivity index (χ1v) is 6.19. The van der Waals surface area contributed by atoms with Crippen LogP contribution in [-0.2, 0) is 11.2 Å². The van der Waals surface area contributed by atoms with Crippen molar-refractivity contribution < 1.29 is 23.1 Å². The molecule has 1 aromatic rings. The molecular formula is C14H14F3NO2. The van der Waals surface area contributed by atoms with Crippen LogP contribution in [-0.4, -0.2) is 35.2 Å². The Morgan fingerprint density at radius 2 is 2.00 bits per heavy atom. The van der Waals surface area contributed by atoms with E-state index in [1.807, 2.05) is 0 Å². The Morgan fingerprint density at radius 3 is 2.55 bits per heavy atom. The number of nitrogens with zero attached hydrogens (tertiary/aromatic N) is 1. The highest BCUT2D eigenvalue weighted by Gasteiger charge is 2.35. The molecule has 2 rings (SSSR count). The van der Waals surface area contributed by atoms with Crippen molar-refractivity contribution in [3.63, 3.8) is 0 Å². The van der Waals surface area contributed by atoms with Crippen molar-refractivity contribution in [3.8, 4) is 5.75 Å². The molecule has 20 heavy (non-hydrogen) atoms. The van der Waals surface area contributed by atoms with E-state index in [4.69, 9.17) is 0 Å². The monoisotopic (exact) mass is 285 g/mol. The average Bonchev–Trinajstić information content (AvgIpc) is 2.40. The smallest absolute Gasteiger partial charge is 0.412 e. The van der Waals surface area contributed by atoms with Gasteiger partial charge in [-0.15, -0.1) is 0 Å². The van der Waals surface area contributed by atoms with Gasteiger partial charge in [-0.3, -0.25) is 4.79 Å². The second-order valence-electron chi connectivity index (χ2n) is 4.62. The fourth-order valence-corrected chi connectivity index (χ4v) is 2.09. The van der Waals surface area contributed by atoms with Crippen LogP contribution in [0.1, 0.15) is 12.0 Å². The molecule has 0 aliphatic carbocycles. The molecule has 0 saturated heterocycles. The minimum Gasteiger partial charge on any atom is -0.508 e. The number of amides is 1. The number of phenols is 1. The Kier molecular flexibility index (Phi) is 4.01. The third-order valence-corrected chi connectivity index (χ3v) is 3.26. The number of benzene rings is 1. The molecule has 0 radical (unpaired) electrons. The van der Waals surface area contributed by atoms with Gasteiger partial charge in [0.2, 0.25) is 5.91 Å². The minimum absolute atomic E-state index is 0.0120. The Labute approximate surface area is 114 Å². The van der Waals surface area contributed by atoms with E-state index >= 15 is 0 Å². The van der Waals surface area contributed by atoms with Gasteiger partial charge in [-0.25, -0.2) is 0 Å². The fraction of sp³-hybridized carbons (Fsp3) is 0.357. The zero-order valence-electron chi connectivity index (χ0n) is 10.7. The van der Waals surface area contributed by atoms with Crippen LogP contribution in [0.2, 0.25) is 0 Å². The van der Waals surface area contributed by atoms with Gasteiger partial charge in [0.1, 0.15) is 5.75 Å². The quantitative estimate of drug-likeness (QED) is 0.849. The SMILES string of the molecule is O=C(Cc1ccccc1O)N1CC=C(C(F)(F)F)CC1. The third-order valence-electron chi connectivity index (χ3n) is 3.26. The molecule has 0 spiro atoms. The predicted octanol–water partition coefficient (Wildman–Crippen LogP) is 2.66. The number of hydrogen-bond donors (Lipinski definition) is 1.